The van der Waals surface area contributed by atoms with Gasteiger partial charge in [0.15, 0.2) is 17.5 Å². The van der Waals surface area contributed by atoms with E-state index >= 15 is 0 Å². The Kier molecular flexibility index (Phi) is 6.48. The van der Waals surface area contributed by atoms with Crippen LogP contribution in [0.2, 0.25) is 0 Å². The molecule has 0 heterocycles. The van der Waals surface area contributed by atoms with Crippen LogP contribution < -0.4 is 10.2 Å². The number of rotatable bonds is 5. The van der Waals surface area contributed by atoms with Crippen molar-refractivity contribution < 1.29 is 22.8 Å². The van der Waals surface area contributed by atoms with Gasteiger partial charge in [0.2, 0.25) is 5.91 Å². The van der Waals surface area contributed by atoms with Gasteiger partial charge >= 0.3 is 0 Å². The van der Waals surface area contributed by atoms with Crippen LogP contribution in [0.5, 0.6) is 0 Å². The molecular weight excluding hydrogens is 369 g/mol. The summed E-state index contributed by atoms with van der Waals surface area (Å²) in [6.07, 6.45) is 0. The van der Waals surface area contributed by atoms with Gasteiger partial charge in [0.1, 0.15) is 0 Å². The van der Waals surface area contributed by atoms with Crippen LogP contribution in [0.1, 0.15) is 43.6 Å². The Hall–Kier alpha value is -2.83. The average molecular weight is 392 g/mol. The first kappa shape index (κ1) is 21.5. The normalized spacial score (nSPS) is 11.2. The maximum atomic E-state index is 14.0. The Balaban J connectivity index is 2.04. The molecule has 0 bridgehead atoms. The van der Waals surface area contributed by atoms with Gasteiger partial charge in [-0.1, -0.05) is 32.9 Å². The van der Waals surface area contributed by atoms with Crippen molar-refractivity contribution in [2.45, 2.75) is 33.1 Å². The van der Waals surface area contributed by atoms with Crippen LogP contribution in [-0.2, 0) is 10.2 Å². The Labute approximate surface area is 162 Å². The number of halogens is 3. The highest BCUT2D eigenvalue weighted by atomic mass is 19.2. The van der Waals surface area contributed by atoms with Gasteiger partial charge in [-0.25, -0.2) is 13.2 Å². The van der Waals surface area contributed by atoms with Crippen molar-refractivity contribution in [1.82, 2.24) is 5.32 Å². The molecule has 150 valence electrons. The minimum atomic E-state index is -1.65. The smallest absolute Gasteiger partial charge is 0.251 e. The zero-order valence-electron chi connectivity index (χ0n) is 16.3. The number of hydrogen-bond donors (Lipinski definition) is 1. The van der Waals surface area contributed by atoms with Crippen LogP contribution in [0.15, 0.2) is 36.4 Å². The number of hydrogen-bond acceptors (Lipinski definition) is 2. The predicted molar refractivity (Wildman–Crippen MR) is 102 cm³/mol. The van der Waals surface area contributed by atoms with Gasteiger partial charge in [-0.15, -0.1) is 0 Å². The number of benzene rings is 2. The van der Waals surface area contributed by atoms with Gasteiger partial charge in [-0.05, 0) is 35.2 Å². The standard InChI is InChI=1S/C21H23F3N2O2/c1-13(27)26(17-10-9-16(22)18(23)19(17)24)12-11-25-20(28)14-5-7-15(8-6-14)21(2,3)4/h5-10H,11-12H2,1-4H3,(H,25,28). The van der Waals surface area contributed by atoms with Crippen molar-refractivity contribution in [3.8, 4) is 0 Å². The molecule has 0 aliphatic heterocycles. The largest absolute Gasteiger partial charge is 0.350 e. The summed E-state index contributed by atoms with van der Waals surface area (Å²) in [5, 5.41) is 2.63. The fraction of sp³-hybridized carbons (Fsp3) is 0.333. The van der Waals surface area contributed by atoms with Crippen LogP contribution in [0, 0.1) is 17.5 Å². The molecule has 7 heteroatoms. The summed E-state index contributed by atoms with van der Waals surface area (Å²) in [5.41, 5.74) is 1.11. The van der Waals surface area contributed by atoms with Crippen molar-refractivity contribution in [2.24, 2.45) is 0 Å². The van der Waals surface area contributed by atoms with Gasteiger partial charge in [0.05, 0.1) is 5.69 Å². The minimum Gasteiger partial charge on any atom is -0.350 e. The SMILES string of the molecule is CC(=O)N(CCNC(=O)c1ccc(C(C)(C)C)cc1)c1ccc(F)c(F)c1F. The molecular formula is C21H23F3N2O2. The number of carbonyl (C=O) groups is 2. The third-order valence-corrected chi connectivity index (χ3v) is 4.32. The minimum absolute atomic E-state index is 0.0118. The average Bonchev–Trinajstić information content (AvgIpc) is 2.63. The lowest BCUT2D eigenvalue weighted by Crippen LogP contribution is -2.38. The van der Waals surface area contributed by atoms with Crippen LogP contribution >= 0.6 is 0 Å². The van der Waals surface area contributed by atoms with Crippen molar-refractivity contribution in [3.05, 3.63) is 65.0 Å². The fourth-order valence-corrected chi connectivity index (χ4v) is 2.68. The topological polar surface area (TPSA) is 49.4 Å². The molecule has 0 aliphatic rings. The summed E-state index contributed by atoms with van der Waals surface area (Å²) in [4.78, 5) is 25.0. The third-order valence-electron chi connectivity index (χ3n) is 4.32. The van der Waals surface area contributed by atoms with Crippen molar-refractivity contribution in [3.63, 3.8) is 0 Å². The number of nitrogens with zero attached hydrogens (tertiary/aromatic N) is 1. The second kappa shape index (κ2) is 8.46. The molecule has 2 aromatic carbocycles. The molecule has 0 atom stereocenters. The highest BCUT2D eigenvalue weighted by molar-refractivity contribution is 5.94. The molecule has 0 radical (unpaired) electrons. The Morgan fingerprint density at radius 3 is 2.11 bits per heavy atom. The Morgan fingerprint density at radius 1 is 0.964 bits per heavy atom. The lowest BCUT2D eigenvalue weighted by molar-refractivity contribution is -0.116. The van der Waals surface area contributed by atoms with E-state index in [2.05, 4.69) is 26.1 Å². The highest BCUT2D eigenvalue weighted by Crippen LogP contribution is 2.24. The lowest BCUT2D eigenvalue weighted by atomic mass is 9.87. The van der Waals surface area contributed by atoms with Crippen molar-refractivity contribution >= 4 is 17.5 Å². The number of nitrogens with one attached hydrogen (secondary N) is 1. The fourth-order valence-electron chi connectivity index (χ4n) is 2.68. The van der Waals surface area contributed by atoms with Crippen LogP contribution in [0.25, 0.3) is 0 Å². The van der Waals surface area contributed by atoms with Gasteiger partial charge in [-0.3, -0.25) is 9.59 Å². The quantitative estimate of drug-likeness (QED) is 0.776. The molecule has 0 saturated carbocycles. The maximum Gasteiger partial charge on any atom is 0.251 e. The van der Waals surface area contributed by atoms with Gasteiger partial charge in [0, 0.05) is 25.6 Å². The highest BCUT2D eigenvalue weighted by Gasteiger charge is 2.21. The summed E-state index contributed by atoms with van der Waals surface area (Å²) < 4.78 is 40.5. The summed E-state index contributed by atoms with van der Waals surface area (Å²) >= 11 is 0. The van der Waals surface area contributed by atoms with Crippen molar-refractivity contribution in [2.75, 3.05) is 18.0 Å². The van der Waals surface area contributed by atoms with E-state index < -0.39 is 23.4 Å². The zero-order valence-corrected chi connectivity index (χ0v) is 16.3. The van der Waals surface area contributed by atoms with E-state index in [0.717, 1.165) is 22.6 Å². The first-order chi connectivity index (χ1) is 13.0. The second-order valence-electron chi connectivity index (χ2n) is 7.45. The molecule has 0 aliphatic carbocycles. The molecule has 0 saturated heterocycles. The third kappa shape index (κ3) is 4.91. The number of anilines is 1. The summed E-state index contributed by atoms with van der Waals surface area (Å²) in [6, 6.07) is 8.88. The van der Waals surface area contributed by atoms with E-state index in [1.165, 1.54) is 6.92 Å². The molecule has 2 amide bonds. The van der Waals surface area contributed by atoms with E-state index in [9.17, 15) is 22.8 Å². The predicted octanol–water partition coefficient (Wildman–Crippen LogP) is 4.18. The maximum absolute atomic E-state index is 14.0. The first-order valence-corrected chi connectivity index (χ1v) is 8.82. The molecule has 28 heavy (non-hydrogen) atoms. The molecule has 1 N–H and O–H groups in total. The van der Waals surface area contributed by atoms with Crippen LogP contribution in [-0.4, -0.2) is 24.9 Å². The van der Waals surface area contributed by atoms with Gasteiger partial charge in [-0.2, -0.15) is 0 Å². The summed E-state index contributed by atoms with van der Waals surface area (Å²) in [6.45, 7) is 7.29. The molecule has 2 aromatic rings. The summed E-state index contributed by atoms with van der Waals surface area (Å²) in [7, 11) is 0. The molecule has 2 rings (SSSR count). The Bertz CT molecular complexity index is 874. The second-order valence-corrected chi connectivity index (χ2v) is 7.45. The molecule has 0 unspecified atom stereocenters. The monoisotopic (exact) mass is 392 g/mol. The van der Waals surface area contributed by atoms with E-state index in [0.29, 0.717) is 5.56 Å². The lowest BCUT2D eigenvalue weighted by Gasteiger charge is -2.22. The molecule has 0 spiro atoms. The zero-order chi connectivity index (χ0) is 21.1. The molecule has 0 fully saturated rings. The van der Waals surface area contributed by atoms with E-state index in [1.54, 1.807) is 12.1 Å². The number of amides is 2. The van der Waals surface area contributed by atoms with Crippen LogP contribution in [0.4, 0.5) is 18.9 Å². The number of carbonyl (C=O) groups excluding carboxylic acids is 2. The van der Waals surface area contributed by atoms with Gasteiger partial charge < -0.3 is 10.2 Å². The van der Waals surface area contributed by atoms with Gasteiger partial charge in [0.25, 0.3) is 5.91 Å². The van der Waals surface area contributed by atoms with E-state index in [1.807, 2.05) is 12.1 Å². The Morgan fingerprint density at radius 2 is 1.57 bits per heavy atom. The van der Waals surface area contributed by atoms with E-state index in [4.69, 9.17) is 0 Å². The molecule has 4 nitrogen and oxygen atoms in total. The molecule has 0 aromatic heterocycles. The van der Waals surface area contributed by atoms with E-state index in [-0.39, 0.29) is 30.1 Å². The summed E-state index contributed by atoms with van der Waals surface area (Å²) in [5.74, 6) is -5.34. The van der Waals surface area contributed by atoms with Crippen molar-refractivity contribution in [1.29, 1.82) is 0 Å². The van der Waals surface area contributed by atoms with Crippen LogP contribution in [0.3, 0.4) is 0 Å². The first-order valence-electron chi connectivity index (χ1n) is 8.82.